The van der Waals surface area contributed by atoms with Crippen LogP contribution in [0, 0.1) is 12.7 Å². The highest BCUT2D eigenvalue weighted by molar-refractivity contribution is 6.31. The van der Waals surface area contributed by atoms with Crippen molar-refractivity contribution < 1.29 is 14.0 Å². The number of hydrogen-bond donors (Lipinski definition) is 2. The molecule has 0 saturated heterocycles. The van der Waals surface area contributed by atoms with E-state index < -0.39 is 11.8 Å². The third kappa shape index (κ3) is 5.07. The molecule has 0 unspecified atom stereocenters. The van der Waals surface area contributed by atoms with Crippen LogP contribution in [0.25, 0.3) is 0 Å². The molecule has 3 aromatic rings. The zero-order valence-corrected chi connectivity index (χ0v) is 19.7. The molecule has 3 aromatic carbocycles. The minimum Gasteiger partial charge on any atom is -0.369 e. The van der Waals surface area contributed by atoms with Crippen LogP contribution in [0.5, 0.6) is 0 Å². The van der Waals surface area contributed by atoms with Crippen LogP contribution in [0.2, 0.25) is 5.02 Å². The number of aryl methyl sites for hydroxylation is 1. The van der Waals surface area contributed by atoms with E-state index in [2.05, 4.69) is 10.2 Å². The van der Waals surface area contributed by atoms with Gasteiger partial charge >= 0.3 is 0 Å². The average Bonchev–Trinajstić information content (AvgIpc) is 3.20. The largest absolute Gasteiger partial charge is 0.369 e. The Kier molecular flexibility index (Phi) is 7.17. The van der Waals surface area contributed by atoms with Crippen molar-refractivity contribution in [3.8, 4) is 0 Å². The minimum absolute atomic E-state index is 0.199. The van der Waals surface area contributed by atoms with Crippen molar-refractivity contribution in [1.29, 1.82) is 0 Å². The molecule has 0 radical (unpaired) electrons. The smallest absolute Gasteiger partial charge is 0.249 e. The second-order valence-corrected chi connectivity index (χ2v) is 8.96. The average molecular weight is 480 g/mol. The van der Waals surface area contributed by atoms with E-state index in [1.165, 1.54) is 6.07 Å². The summed E-state index contributed by atoms with van der Waals surface area (Å²) in [6.45, 7) is 3.66. The van der Waals surface area contributed by atoms with Crippen LogP contribution in [-0.4, -0.2) is 31.4 Å². The molecule has 7 heteroatoms. The van der Waals surface area contributed by atoms with Crippen molar-refractivity contribution in [3.05, 3.63) is 99.3 Å². The molecule has 0 fully saturated rings. The highest BCUT2D eigenvalue weighted by Crippen LogP contribution is 2.31. The molecule has 176 valence electrons. The van der Waals surface area contributed by atoms with Gasteiger partial charge in [-0.1, -0.05) is 41.9 Å². The molecule has 5 nitrogen and oxygen atoms in total. The van der Waals surface area contributed by atoms with Gasteiger partial charge in [0.15, 0.2) is 0 Å². The van der Waals surface area contributed by atoms with Crippen molar-refractivity contribution in [3.63, 3.8) is 0 Å². The van der Waals surface area contributed by atoms with Gasteiger partial charge in [0.25, 0.3) is 0 Å². The molecule has 3 N–H and O–H groups in total. The maximum absolute atomic E-state index is 13.5. The van der Waals surface area contributed by atoms with Crippen LogP contribution in [-0.2, 0) is 17.6 Å². The normalized spacial score (nSPS) is 13.4. The van der Waals surface area contributed by atoms with Crippen LogP contribution in [0.1, 0.15) is 38.5 Å². The summed E-state index contributed by atoms with van der Waals surface area (Å²) in [5, 5.41) is 3.60. The first-order valence-corrected chi connectivity index (χ1v) is 11.7. The van der Waals surface area contributed by atoms with E-state index in [1.807, 2.05) is 31.2 Å². The summed E-state index contributed by atoms with van der Waals surface area (Å²) in [5.41, 5.74) is 10.2. The molecule has 34 heavy (non-hydrogen) atoms. The molecule has 0 bridgehead atoms. The van der Waals surface area contributed by atoms with Crippen LogP contribution >= 0.6 is 11.6 Å². The van der Waals surface area contributed by atoms with Crippen LogP contribution in [0.3, 0.4) is 0 Å². The first-order valence-electron chi connectivity index (χ1n) is 11.3. The lowest BCUT2D eigenvalue weighted by molar-refractivity contribution is -0.122. The molecule has 0 aromatic heterocycles. The summed E-state index contributed by atoms with van der Waals surface area (Å²) in [6.07, 6.45) is 1.11. The number of nitrogens with one attached hydrogen (secondary N) is 1. The molecule has 2 amide bonds. The molecular formula is C27H27ClFN3O2. The second-order valence-electron chi connectivity index (χ2n) is 8.55. The zero-order chi connectivity index (χ0) is 24.2. The summed E-state index contributed by atoms with van der Waals surface area (Å²) >= 11 is 6.40. The Morgan fingerprint density at radius 3 is 2.71 bits per heavy atom. The Bertz CT molecular complexity index is 1230. The van der Waals surface area contributed by atoms with Gasteiger partial charge in [-0.2, -0.15) is 0 Å². The Morgan fingerprint density at radius 2 is 1.94 bits per heavy atom. The maximum atomic E-state index is 13.5. The lowest BCUT2D eigenvalue weighted by atomic mass is 9.85. The summed E-state index contributed by atoms with van der Waals surface area (Å²) in [6, 6.07) is 17.5. The summed E-state index contributed by atoms with van der Waals surface area (Å²) in [7, 11) is 0. The number of fused-ring (bicyclic) bond motifs is 1. The number of carbonyl (C=O) groups is 2. The van der Waals surface area contributed by atoms with Crippen molar-refractivity contribution >= 4 is 29.1 Å². The van der Waals surface area contributed by atoms with E-state index in [4.69, 9.17) is 17.3 Å². The first-order chi connectivity index (χ1) is 16.3. The highest BCUT2D eigenvalue weighted by atomic mass is 35.5. The van der Waals surface area contributed by atoms with Crippen molar-refractivity contribution in [1.82, 2.24) is 5.32 Å². The van der Waals surface area contributed by atoms with E-state index in [-0.39, 0.29) is 11.7 Å². The molecule has 0 aliphatic carbocycles. The molecule has 0 spiro atoms. The maximum Gasteiger partial charge on any atom is 0.249 e. The molecule has 1 atom stereocenters. The standard InChI is InChI=1S/C27H27ClFN3O2/c1-17-5-4-7-21(26(30)33)25(17)22(16-18-6-2-3-8-23(18)28)27(34)31-12-14-32-13-11-19-15-20(29)9-10-24(19)32/h2-10,15,22H,11-14,16H2,1H3,(H2,30,33)(H,31,34)/t22-/m0/s1. The molecule has 0 saturated carbocycles. The monoisotopic (exact) mass is 479 g/mol. The Hall–Kier alpha value is -3.38. The lowest BCUT2D eigenvalue weighted by Gasteiger charge is -2.24. The number of carbonyl (C=O) groups excluding carboxylic acids is 2. The Balaban J connectivity index is 1.55. The number of halogens is 2. The molecule has 1 aliphatic heterocycles. The zero-order valence-electron chi connectivity index (χ0n) is 19.0. The Labute approximate surface area is 203 Å². The predicted octanol–water partition coefficient (Wildman–Crippen LogP) is 4.39. The second kappa shape index (κ2) is 10.3. The quantitative estimate of drug-likeness (QED) is 0.503. The fourth-order valence-electron chi connectivity index (χ4n) is 4.68. The molecule has 1 aliphatic rings. The first kappa shape index (κ1) is 23.8. The van der Waals surface area contributed by atoms with Crippen molar-refractivity contribution in [2.75, 3.05) is 24.5 Å². The van der Waals surface area contributed by atoms with E-state index in [0.717, 1.165) is 35.3 Å². The third-order valence-electron chi connectivity index (χ3n) is 6.35. The predicted molar refractivity (Wildman–Crippen MR) is 133 cm³/mol. The van der Waals surface area contributed by atoms with Gasteiger partial charge in [-0.25, -0.2) is 4.39 Å². The topological polar surface area (TPSA) is 75.4 Å². The molecule has 1 heterocycles. The van der Waals surface area contributed by atoms with E-state index in [0.29, 0.717) is 35.7 Å². The number of anilines is 1. The van der Waals surface area contributed by atoms with E-state index in [1.54, 1.807) is 30.3 Å². The molecule has 4 rings (SSSR count). The van der Waals surface area contributed by atoms with Gasteiger partial charge < -0.3 is 16.0 Å². The van der Waals surface area contributed by atoms with Crippen LogP contribution in [0.4, 0.5) is 10.1 Å². The van der Waals surface area contributed by atoms with Gasteiger partial charge in [-0.05, 0) is 72.4 Å². The van der Waals surface area contributed by atoms with Gasteiger partial charge in [0.05, 0.1) is 5.92 Å². The van der Waals surface area contributed by atoms with Crippen molar-refractivity contribution in [2.45, 2.75) is 25.7 Å². The number of hydrogen-bond acceptors (Lipinski definition) is 3. The van der Waals surface area contributed by atoms with Gasteiger partial charge in [0.2, 0.25) is 11.8 Å². The molecular weight excluding hydrogens is 453 g/mol. The van der Waals surface area contributed by atoms with E-state index >= 15 is 0 Å². The van der Waals surface area contributed by atoms with Gasteiger partial charge in [-0.15, -0.1) is 0 Å². The number of amides is 2. The van der Waals surface area contributed by atoms with Gasteiger partial charge in [0, 0.05) is 35.9 Å². The number of nitrogens with zero attached hydrogens (tertiary/aromatic N) is 1. The van der Waals surface area contributed by atoms with Gasteiger partial charge in [-0.3, -0.25) is 9.59 Å². The Morgan fingerprint density at radius 1 is 1.15 bits per heavy atom. The highest BCUT2D eigenvalue weighted by Gasteiger charge is 2.28. The van der Waals surface area contributed by atoms with Crippen LogP contribution in [0.15, 0.2) is 60.7 Å². The number of nitrogens with two attached hydrogens (primary N) is 1. The number of rotatable bonds is 8. The van der Waals surface area contributed by atoms with Crippen LogP contribution < -0.4 is 16.0 Å². The summed E-state index contributed by atoms with van der Waals surface area (Å²) < 4.78 is 13.5. The fraction of sp³-hybridized carbons (Fsp3) is 0.259. The number of primary amides is 1. The van der Waals surface area contributed by atoms with E-state index in [9.17, 15) is 14.0 Å². The number of benzene rings is 3. The summed E-state index contributed by atoms with van der Waals surface area (Å²) in [5.74, 6) is -1.64. The minimum atomic E-state index is -0.636. The SMILES string of the molecule is Cc1cccc(C(N)=O)c1[C@H](Cc1ccccc1Cl)C(=O)NCCN1CCc2cc(F)ccc21. The van der Waals surface area contributed by atoms with Crippen molar-refractivity contribution in [2.24, 2.45) is 5.73 Å². The third-order valence-corrected chi connectivity index (χ3v) is 6.72. The summed E-state index contributed by atoms with van der Waals surface area (Å²) in [4.78, 5) is 27.8. The lowest BCUT2D eigenvalue weighted by Crippen LogP contribution is -2.38. The fourth-order valence-corrected chi connectivity index (χ4v) is 4.89. The van der Waals surface area contributed by atoms with Gasteiger partial charge in [0.1, 0.15) is 5.82 Å².